The van der Waals surface area contributed by atoms with Gasteiger partial charge in [-0.25, -0.2) is 0 Å². The van der Waals surface area contributed by atoms with Crippen LogP contribution < -0.4 is 9.80 Å². The Kier molecular flexibility index (Phi) is 6.21. The second-order valence-electron chi connectivity index (χ2n) is 9.07. The van der Waals surface area contributed by atoms with Gasteiger partial charge in [-0.1, -0.05) is 42.5 Å². The highest BCUT2D eigenvalue weighted by Gasteiger charge is 2.32. The number of carbonyl (C=O) groups is 1. The predicted molar refractivity (Wildman–Crippen MR) is 130 cm³/mol. The summed E-state index contributed by atoms with van der Waals surface area (Å²) in [5, 5.41) is 2.02. The summed E-state index contributed by atoms with van der Waals surface area (Å²) in [6.07, 6.45) is -3.30. The van der Waals surface area contributed by atoms with Gasteiger partial charge in [-0.15, -0.1) is 0 Å². The first kappa shape index (κ1) is 22.7. The van der Waals surface area contributed by atoms with Crippen molar-refractivity contribution < 1.29 is 18.0 Å². The molecule has 2 aliphatic rings. The molecule has 4 nitrogen and oxygen atoms in total. The Hall–Kier alpha value is -3.06. The van der Waals surface area contributed by atoms with Crippen LogP contribution in [0.15, 0.2) is 60.7 Å². The minimum Gasteiger partial charge on any atom is -0.370 e. The summed E-state index contributed by atoms with van der Waals surface area (Å²) in [6, 6.07) is 20.1. The van der Waals surface area contributed by atoms with Gasteiger partial charge in [0.05, 0.1) is 12.1 Å². The molecule has 0 aliphatic carbocycles. The van der Waals surface area contributed by atoms with Crippen LogP contribution in [0.3, 0.4) is 0 Å². The quantitative estimate of drug-likeness (QED) is 0.479. The largest absolute Gasteiger partial charge is 0.390 e. The van der Waals surface area contributed by atoms with Crippen LogP contribution in [0.1, 0.15) is 28.8 Å². The molecular weight excluding hydrogens is 439 g/mol. The highest BCUT2D eigenvalue weighted by molar-refractivity contribution is 6.26. The molecule has 1 amide bonds. The molecule has 0 aromatic heterocycles. The van der Waals surface area contributed by atoms with Crippen LogP contribution in [-0.4, -0.2) is 56.3 Å². The number of anilines is 2. The Bertz CT molecular complexity index is 1180. The smallest absolute Gasteiger partial charge is 0.370 e. The molecule has 34 heavy (non-hydrogen) atoms. The summed E-state index contributed by atoms with van der Waals surface area (Å²) in [4.78, 5) is 19.3. The molecule has 0 bridgehead atoms. The van der Waals surface area contributed by atoms with Crippen LogP contribution in [0.2, 0.25) is 0 Å². The second kappa shape index (κ2) is 9.29. The van der Waals surface area contributed by atoms with Crippen molar-refractivity contribution in [2.75, 3.05) is 49.1 Å². The minimum absolute atomic E-state index is 0.0304. The maximum absolute atomic E-state index is 13.3. The number of amides is 1. The van der Waals surface area contributed by atoms with E-state index in [9.17, 15) is 18.0 Å². The van der Waals surface area contributed by atoms with E-state index in [1.807, 2.05) is 46.2 Å². The molecule has 2 aliphatic heterocycles. The number of carbonyl (C=O) groups excluding carboxylic acids is 1. The van der Waals surface area contributed by atoms with Crippen LogP contribution >= 0.6 is 0 Å². The van der Waals surface area contributed by atoms with E-state index in [1.54, 1.807) is 0 Å². The van der Waals surface area contributed by atoms with Gasteiger partial charge in [-0.3, -0.25) is 4.79 Å². The van der Waals surface area contributed by atoms with Crippen molar-refractivity contribution in [3.63, 3.8) is 0 Å². The summed E-state index contributed by atoms with van der Waals surface area (Å²) >= 11 is 0. The van der Waals surface area contributed by atoms with E-state index in [0.717, 1.165) is 47.1 Å². The first-order chi connectivity index (χ1) is 16.4. The van der Waals surface area contributed by atoms with Gasteiger partial charge in [-0.2, -0.15) is 13.2 Å². The fourth-order valence-corrected chi connectivity index (χ4v) is 5.13. The lowest BCUT2D eigenvalue weighted by molar-refractivity contribution is -0.137. The third-order valence-corrected chi connectivity index (χ3v) is 6.87. The number of rotatable bonds is 6. The molecule has 178 valence electrons. The normalized spacial score (nSPS) is 17.0. The molecule has 3 aromatic rings. The molecule has 5 rings (SSSR count). The third-order valence-electron chi connectivity index (χ3n) is 6.87. The van der Waals surface area contributed by atoms with E-state index < -0.39 is 12.6 Å². The highest BCUT2D eigenvalue weighted by Crippen LogP contribution is 2.42. The Labute approximate surface area is 197 Å². The molecule has 2 heterocycles. The first-order valence-electron chi connectivity index (χ1n) is 11.9. The van der Waals surface area contributed by atoms with Crippen LogP contribution in [0.5, 0.6) is 0 Å². The fraction of sp³-hybridized carbons (Fsp3) is 0.370. The second-order valence-corrected chi connectivity index (χ2v) is 9.07. The van der Waals surface area contributed by atoms with E-state index >= 15 is 0 Å². The van der Waals surface area contributed by atoms with Gasteiger partial charge in [0.2, 0.25) is 0 Å². The zero-order valence-electron chi connectivity index (χ0n) is 19.0. The van der Waals surface area contributed by atoms with Gasteiger partial charge in [0.1, 0.15) is 0 Å². The van der Waals surface area contributed by atoms with E-state index in [4.69, 9.17) is 0 Å². The number of nitrogens with zero attached hydrogens (tertiary/aromatic N) is 3. The van der Waals surface area contributed by atoms with E-state index in [2.05, 4.69) is 29.2 Å². The van der Waals surface area contributed by atoms with Crippen LogP contribution in [0.4, 0.5) is 24.5 Å². The average molecular weight is 468 g/mol. The number of hydrogen-bond acceptors (Lipinski definition) is 3. The van der Waals surface area contributed by atoms with Crippen molar-refractivity contribution >= 4 is 28.1 Å². The zero-order valence-corrected chi connectivity index (χ0v) is 19.0. The molecule has 7 heteroatoms. The molecule has 1 fully saturated rings. The summed E-state index contributed by atoms with van der Waals surface area (Å²) in [5.41, 5.74) is 3.91. The monoisotopic (exact) mass is 467 g/mol. The van der Waals surface area contributed by atoms with Crippen molar-refractivity contribution in [1.29, 1.82) is 0 Å². The Morgan fingerprint density at radius 2 is 1.59 bits per heavy atom. The molecule has 3 aromatic carbocycles. The number of halogens is 3. The van der Waals surface area contributed by atoms with Crippen molar-refractivity contribution in [2.45, 2.75) is 25.4 Å². The molecule has 0 atom stereocenters. The average Bonchev–Trinajstić information content (AvgIpc) is 2.97. The van der Waals surface area contributed by atoms with E-state index in [1.165, 1.54) is 5.56 Å². The van der Waals surface area contributed by atoms with E-state index in [0.29, 0.717) is 26.2 Å². The topological polar surface area (TPSA) is 26.8 Å². The molecule has 0 spiro atoms. The number of benzene rings is 3. The fourth-order valence-electron chi connectivity index (χ4n) is 5.13. The lowest BCUT2D eigenvalue weighted by Gasteiger charge is -2.26. The van der Waals surface area contributed by atoms with Gasteiger partial charge in [0.25, 0.3) is 5.91 Å². The van der Waals surface area contributed by atoms with E-state index in [-0.39, 0.29) is 12.5 Å². The van der Waals surface area contributed by atoms with Gasteiger partial charge in [-0.05, 0) is 43.1 Å². The van der Waals surface area contributed by atoms with Crippen molar-refractivity contribution in [3.05, 3.63) is 71.8 Å². The number of hydrogen-bond donors (Lipinski definition) is 0. The summed E-state index contributed by atoms with van der Waals surface area (Å²) in [7, 11) is 0. The maximum atomic E-state index is 13.3. The summed E-state index contributed by atoms with van der Waals surface area (Å²) < 4.78 is 38.0. The SMILES string of the molecule is O=C1c2cccc3c(N4CCCN(CCC(F)(F)F)CC4)ccc(c23)N1CCc1ccccc1. The first-order valence-corrected chi connectivity index (χ1v) is 11.9. The molecule has 0 saturated carbocycles. The predicted octanol–water partition coefficient (Wildman–Crippen LogP) is 5.51. The standard InChI is InChI=1S/C27H28F3N3O/c28-27(29,30)13-17-31-14-5-15-32(19-18-31)23-10-11-24-25-21(23)8-4-9-22(25)26(34)33(24)16-12-20-6-2-1-3-7-20/h1-4,6-11H,5,12-19H2. The summed E-state index contributed by atoms with van der Waals surface area (Å²) in [6.45, 7) is 3.38. The maximum Gasteiger partial charge on any atom is 0.390 e. The minimum atomic E-state index is -4.12. The molecular formula is C27H28F3N3O. The molecule has 0 radical (unpaired) electrons. The van der Waals surface area contributed by atoms with Crippen molar-refractivity contribution in [1.82, 2.24) is 4.90 Å². The lowest BCUT2D eigenvalue weighted by Crippen LogP contribution is -2.33. The third kappa shape index (κ3) is 4.62. The highest BCUT2D eigenvalue weighted by atomic mass is 19.4. The van der Waals surface area contributed by atoms with Gasteiger partial charge in [0, 0.05) is 54.7 Å². The molecule has 1 saturated heterocycles. The van der Waals surface area contributed by atoms with Gasteiger partial charge in [0.15, 0.2) is 0 Å². The molecule has 0 N–H and O–H groups in total. The van der Waals surface area contributed by atoms with Crippen LogP contribution in [-0.2, 0) is 6.42 Å². The number of alkyl halides is 3. The molecule has 0 unspecified atom stereocenters. The Morgan fingerprint density at radius 1 is 0.794 bits per heavy atom. The Morgan fingerprint density at radius 3 is 2.38 bits per heavy atom. The van der Waals surface area contributed by atoms with Crippen molar-refractivity contribution in [3.8, 4) is 0 Å². The van der Waals surface area contributed by atoms with Crippen LogP contribution in [0.25, 0.3) is 10.8 Å². The Balaban J connectivity index is 1.37. The zero-order chi connectivity index (χ0) is 23.7. The van der Waals surface area contributed by atoms with Crippen LogP contribution in [0, 0.1) is 0 Å². The van der Waals surface area contributed by atoms with Crippen molar-refractivity contribution in [2.24, 2.45) is 0 Å². The summed E-state index contributed by atoms with van der Waals surface area (Å²) in [5.74, 6) is 0.0304. The van der Waals surface area contributed by atoms with Gasteiger partial charge < -0.3 is 14.7 Å². The lowest BCUT2D eigenvalue weighted by atomic mass is 10.0. The van der Waals surface area contributed by atoms with Gasteiger partial charge >= 0.3 is 6.18 Å².